The molecule has 3 aliphatic heterocycles. The van der Waals surface area contributed by atoms with E-state index in [9.17, 15) is 14.7 Å². The lowest BCUT2D eigenvalue weighted by molar-refractivity contribution is -0.189. The second-order valence-corrected chi connectivity index (χ2v) is 11.5. The van der Waals surface area contributed by atoms with Crippen LogP contribution in [0.2, 0.25) is 0 Å². The molecule has 0 bridgehead atoms. The van der Waals surface area contributed by atoms with E-state index < -0.39 is 22.9 Å². The number of piperidine rings is 1. The topological polar surface area (TPSA) is 70.1 Å². The molecule has 35 heavy (non-hydrogen) atoms. The summed E-state index contributed by atoms with van der Waals surface area (Å²) in [7, 11) is 1.41. The number of aliphatic hydroxyl groups excluding tert-OH is 1. The lowest BCUT2D eigenvalue weighted by Crippen LogP contribution is -2.66. The average molecular weight is 475 g/mol. The number of amides is 1. The van der Waals surface area contributed by atoms with E-state index in [0.29, 0.717) is 12.8 Å². The summed E-state index contributed by atoms with van der Waals surface area (Å²) in [4.78, 5) is 31.9. The van der Waals surface area contributed by atoms with Gasteiger partial charge in [0.15, 0.2) is 0 Å². The van der Waals surface area contributed by atoms with E-state index in [1.54, 1.807) is 0 Å². The molecule has 2 saturated heterocycles. The van der Waals surface area contributed by atoms with Crippen LogP contribution in [0.3, 0.4) is 0 Å². The molecule has 4 aliphatic rings. The molecule has 3 heterocycles. The summed E-state index contributed by atoms with van der Waals surface area (Å²) >= 11 is 0. The molecule has 1 spiro atoms. The molecule has 0 aromatic heterocycles. The molecule has 1 saturated carbocycles. The zero-order chi connectivity index (χ0) is 24.6. The Kier molecular flexibility index (Phi) is 4.97. The van der Waals surface area contributed by atoms with Gasteiger partial charge in [-0.1, -0.05) is 50.2 Å². The highest BCUT2D eigenvalue weighted by Crippen LogP contribution is 2.64. The molecular formula is C29H34N2O4. The number of methoxy groups -OCH3 is 1. The van der Waals surface area contributed by atoms with Crippen molar-refractivity contribution in [2.45, 2.75) is 57.1 Å². The Labute approximate surface area is 206 Å². The number of fused-ring (bicyclic) bond motifs is 5. The van der Waals surface area contributed by atoms with Crippen LogP contribution in [0.15, 0.2) is 54.6 Å². The normalized spacial score (nSPS) is 38.2. The molecule has 3 fully saturated rings. The molecule has 6 rings (SSSR count). The summed E-state index contributed by atoms with van der Waals surface area (Å²) in [6, 6.07) is 18.0. The smallest absolute Gasteiger partial charge is 0.311 e. The molecule has 1 N–H and O–H groups in total. The third-order valence-corrected chi connectivity index (χ3v) is 10.1. The molecule has 6 heteroatoms. The van der Waals surface area contributed by atoms with Gasteiger partial charge in [-0.05, 0) is 66.8 Å². The van der Waals surface area contributed by atoms with E-state index in [0.717, 1.165) is 42.9 Å². The third kappa shape index (κ3) is 2.84. The highest BCUT2D eigenvalue weighted by atomic mass is 16.5. The summed E-state index contributed by atoms with van der Waals surface area (Å²) in [5.41, 5.74) is 1.63. The van der Waals surface area contributed by atoms with Crippen LogP contribution < -0.4 is 4.90 Å². The van der Waals surface area contributed by atoms with Crippen molar-refractivity contribution in [3.05, 3.63) is 60.2 Å². The van der Waals surface area contributed by atoms with Gasteiger partial charge in [0.25, 0.3) is 0 Å². The van der Waals surface area contributed by atoms with Crippen molar-refractivity contribution in [1.82, 2.24) is 4.90 Å². The number of anilines is 2. The number of esters is 1. The van der Waals surface area contributed by atoms with Gasteiger partial charge < -0.3 is 9.84 Å². The fourth-order valence-electron chi connectivity index (χ4n) is 8.06. The summed E-state index contributed by atoms with van der Waals surface area (Å²) in [6.45, 7) is 6.08. The van der Waals surface area contributed by atoms with Crippen LogP contribution in [0.25, 0.3) is 0 Å². The Hall–Kier alpha value is -2.70. The third-order valence-electron chi connectivity index (χ3n) is 10.1. The predicted octanol–water partition coefficient (Wildman–Crippen LogP) is 4.04. The lowest BCUT2D eigenvalue weighted by Gasteiger charge is -2.62. The number of ether oxygens (including phenoxy) is 1. The Balaban J connectivity index is 1.48. The number of rotatable bonds is 2. The maximum absolute atomic E-state index is 14.5. The number of nitrogens with zero attached hydrogens (tertiary/aromatic N) is 2. The quantitative estimate of drug-likeness (QED) is 0.666. The van der Waals surface area contributed by atoms with Crippen molar-refractivity contribution < 1.29 is 19.4 Å². The number of carbonyl (C=O) groups is 2. The Morgan fingerprint density at radius 2 is 1.77 bits per heavy atom. The van der Waals surface area contributed by atoms with Crippen LogP contribution >= 0.6 is 0 Å². The van der Waals surface area contributed by atoms with Crippen molar-refractivity contribution in [2.75, 3.05) is 25.1 Å². The molecule has 6 nitrogen and oxygen atoms in total. The highest BCUT2D eigenvalue weighted by Gasteiger charge is 2.68. The van der Waals surface area contributed by atoms with Gasteiger partial charge in [-0.25, -0.2) is 0 Å². The summed E-state index contributed by atoms with van der Waals surface area (Å²) in [5, 5.41) is 11.0. The van der Waals surface area contributed by atoms with E-state index in [4.69, 9.17) is 4.74 Å². The van der Waals surface area contributed by atoms with E-state index in [1.165, 1.54) is 7.11 Å². The minimum atomic E-state index is -0.725. The van der Waals surface area contributed by atoms with Gasteiger partial charge in [0, 0.05) is 18.3 Å². The Morgan fingerprint density at radius 1 is 1.06 bits per heavy atom. The van der Waals surface area contributed by atoms with Crippen LogP contribution in [0.4, 0.5) is 11.4 Å². The minimum Gasteiger partial charge on any atom is -0.469 e. The van der Waals surface area contributed by atoms with Gasteiger partial charge in [0.1, 0.15) is 0 Å². The van der Waals surface area contributed by atoms with Crippen LogP contribution in [0.5, 0.6) is 0 Å². The second kappa shape index (κ2) is 7.65. The molecular weight excluding hydrogens is 440 g/mol. The van der Waals surface area contributed by atoms with Gasteiger partial charge in [0.2, 0.25) is 5.91 Å². The predicted molar refractivity (Wildman–Crippen MR) is 133 cm³/mol. The molecule has 1 aliphatic carbocycles. The molecule has 2 aromatic carbocycles. The molecule has 6 atom stereocenters. The van der Waals surface area contributed by atoms with Crippen LogP contribution in [0.1, 0.15) is 45.1 Å². The maximum atomic E-state index is 14.5. The van der Waals surface area contributed by atoms with Gasteiger partial charge in [-0.2, -0.15) is 0 Å². The molecule has 184 valence electrons. The first-order valence-electron chi connectivity index (χ1n) is 12.8. The summed E-state index contributed by atoms with van der Waals surface area (Å²) in [6.07, 6.45) is 2.16. The highest BCUT2D eigenvalue weighted by molar-refractivity contribution is 6.13. The van der Waals surface area contributed by atoms with Crippen molar-refractivity contribution in [2.24, 2.45) is 16.7 Å². The SMILES string of the molecule is COC(=O)[C@H]1[C@@H](O)CC[C@@]2(C)CN3CC[C@@]4(C(=O)N(c5ccccc5)c5ccccc54)C3C[C@]12C. The zero-order valence-corrected chi connectivity index (χ0v) is 20.7. The minimum absolute atomic E-state index is 0.0413. The summed E-state index contributed by atoms with van der Waals surface area (Å²) < 4.78 is 5.21. The number of benzene rings is 2. The van der Waals surface area contributed by atoms with Gasteiger partial charge in [-0.15, -0.1) is 0 Å². The standard InChI is InChI=1S/C29H34N2O4/c1-27-14-13-22(32)24(25(33)35-3)28(27,2)17-23-29(15-16-30(23)18-27)20-11-7-8-12-21(20)31(26(29)34)19-9-5-4-6-10-19/h4-12,22-24,32H,13-18H2,1-3H3/t22-,23?,24+,27-,28+,29-/m0/s1. The number of aliphatic hydroxyl groups is 1. The molecule has 1 amide bonds. The lowest BCUT2D eigenvalue weighted by atomic mass is 9.47. The monoisotopic (exact) mass is 474 g/mol. The van der Waals surface area contributed by atoms with Crippen molar-refractivity contribution in [3.63, 3.8) is 0 Å². The first-order valence-corrected chi connectivity index (χ1v) is 12.8. The van der Waals surface area contributed by atoms with Crippen LogP contribution in [-0.4, -0.2) is 54.2 Å². The molecule has 0 radical (unpaired) electrons. The molecule has 1 unspecified atom stereocenters. The van der Waals surface area contributed by atoms with Gasteiger partial charge >= 0.3 is 5.97 Å². The van der Waals surface area contributed by atoms with Crippen molar-refractivity contribution >= 4 is 23.3 Å². The van der Waals surface area contributed by atoms with Crippen molar-refractivity contribution in [3.8, 4) is 0 Å². The second-order valence-electron chi connectivity index (χ2n) is 11.5. The van der Waals surface area contributed by atoms with Crippen LogP contribution in [-0.2, 0) is 19.7 Å². The Bertz CT molecular complexity index is 1180. The average Bonchev–Trinajstić information content (AvgIpc) is 3.33. The van der Waals surface area contributed by atoms with E-state index >= 15 is 0 Å². The number of hydrogen-bond acceptors (Lipinski definition) is 5. The first-order chi connectivity index (χ1) is 16.8. The number of para-hydroxylation sites is 2. The Morgan fingerprint density at radius 3 is 2.51 bits per heavy atom. The first kappa shape index (κ1) is 22.7. The van der Waals surface area contributed by atoms with Gasteiger partial charge in [0.05, 0.1) is 30.2 Å². The van der Waals surface area contributed by atoms with E-state index in [-0.39, 0.29) is 23.3 Å². The van der Waals surface area contributed by atoms with E-state index in [2.05, 4.69) is 24.8 Å². The number of hydrogen-bond donors (Lipinski definition) is 1. The largest absolute Gasteiger partial charge is 0.469 e. The van der Waals surface area contributed by atoms with Crippen molar-refractivity contribution in [1.29, 1.82) is 0 Å². The number of carbonyl (C=O) groups excluding carboxylic acids is 2. The summed E-state index contributed by atoms with van der Waals surface area (Å²) in [5.74, 6) is -0.811. The van der Waals surface area contributed by atoms with Crippen LogP contribution in [0, 0.1) is 16.7 Å². The fraction of sp³-hybridized carbons (Fsp3) is 0.517. The zero-order valence-electron chi connectivity index (χ0n) is 20.7. The fourth-order valence-corrected chi connectivity index (χ4v) is 8.06. The van der Waals surface area contributed by atoms with E-state index in [1.807, 2.05) is 53.4 Å². The molecule has 2 aromatic rings. The van der Waals surface area contributed by atoms with Gasteiger partial charge in [-0.3, -0.25) is 19.4 Å². The maximum Gasteiger partial charge on any atom is 0.311 e.